The Hall–Kier alpha value is -0.900. The number of halogens is 1. The van der Waals surface area contributed by atoms with Gasteiger partial charge in [0, 0.05) is 60.1 Å². The molecule has 0 radical (unpaired) electrons. The van der Waals surface area contributed by atoms with Crippen LogP contribution in [0.1, 0.15) is 31.2 Å². The van der Waals surface area contributed by atoms with Gasteiger partial charge in [-0.25, -0.2) is 0 Å². The summed E-state index contributed by atoms with van der Waals surface area (Å²) in [5.41, 5.74) is 1.44. The van der Waals surface area contributed by atoms with E-state index in [1.54, 1.807) is 7.11 Å². The molecule has 1 atom stereocenters. The van der Waals surface area contributed by atoms with Crippen LogP contribution in [0, 0.1) is 5.92 Å². The molecule has 2 aliphatic heterocycles. The summed E-state index contributed by atoms with van der Waals surface area (Å²) < 4.78 is 11.1. The van der Waals surface area contributed by atoms with Crippen LogP contribution in [0.3, 0.4) is 0 Å². The predicted molar refractivity (Wildman–Crippen MR) is 139 cm³/mol. The minimum absolute atomic E-state index is 0. The van der Waals surface area contributed by atoms with Gasteiger partial charge in [0.05, 0.1) is 6.10 Å². The van der Waals surface area contributed by atoms with E-state index in [1.165, 1.54) is 25.1 Å². The van der Waals surface area contributed by atoms with E-state index in [2.05, 4.69) is 50.4 Å². The van der Waals surface area contributed by atoms with Crippen molar-refractivity contribution in [3.05, 3.63) is 35.9 Å². The molecule has 0 bridgehead atoms. The zero-order valence-corrected chi connectivity index (χ0v) is 21.6. The van der Waals surface area contributed by atoms with Crippen molar-refractivity contribution in [2.24, 2.45) is 10.9 Å². The molecule has 1 aromatic carbocycles. The van der Waals surface area contributed by atoms with Gasteiger partial charge in [-0.2, -0.15) is 0 Å². The lowest BCUT2D eigenvalue weighted by Crippen LogP contribution is -2.48. The summed E-state index contributed by atoms with van der Waals surface area (Å²) >= 11 is 0. The Morgan fingerprint density at radius 1 is 1.10 bits per heavy atom. The van der Waals surface area contributed by atoms with Gasteiger partial charge in [-0.05, 0) is 50.1 Å². The lowest BCUT2D eigenvalue weighted by Gasteiger charge is -2.34. The van der Waals surface area contributed by atoms with Crippen LogP contribution in [0.4, 0.5) is 0 Å². The molecule has 2 fully saturated rings. The number of ether oxygens (including phenoxy) is 2. The lowest BCUT2D eigenvalue weighted by molar-refractivity contribution is 0.00988. The van der Waals surface area contributed by atoms with Gasteiger partial charge in [-0.3, -0.25) is 4.99 Å². The first-order chi connectivity index (χ1) is 14.8. The first-order valence-corrected chi connectivity index (χ1v) is 11.6. The van der Waals surface area contributed by atoms with Crippen LogP contribution in [-0.4, -0.2) is 88.5 Å². The van der Waals surface area contributed by atoms with Crippen LogP contribution in [0.15, 0.2) is 35.3 Å². The molecule has 1 unspecified atom stereocenters. The average molecular weight is 545 g/mol. The summed E-state index contributed by atoms with van der Waals surface area (Å²) in [4.78, 5) is 9.53. The van der Waals surface area contributed by atoms with Gasteiger partial charge in [-0.1, -0.05) is 30.3 Å². The second kappa shape index (κ2) is 15.0. The second-order valence-corrected chi connectivity index (χ2v) is 8.52. The Labute approximate surface area is 205 Å². The van der Waals surface area contributed by atoms with Crippen LogP contribution < -0.4 is 5.32 Å². The standard InChI is InChI=1S/C24H40N4O2.HI/c1-25-24(28-15-11-23(12-16-28)30-18-6-17-29-2)26-19-22-10-14-27(20-22)13-9-21-7-4-3-5-8-21;/h3-5,7-8,22-23H,6,9-20H2,1-2H3,(H,25,26);1H. The number of rotatable bonds is 10. The quantitative estimate of drug-likeness (QED) is 0.212. The molecule has 0 spiro atoms. The molecule has 0 aromatic heterocycles. The average Bonchev–Trinajstić information content (AvgIpc) is 3.25. The first-order valence-electron chi connectivity index (χ1n) is 11.6. The third kappa shape index (κ3) is 9.24. The SMILES string of the molecule is CN=C(NCC1CCN(CCc2ccccc2)C1)N1CCC(OCCCOC)CC1.I. The van der Waals surface area contributed by atoms with Gasteiger partial charge in [0.25, 0.3) is 0 Å². The van der Waals surface area contributed by atoms with Crippen molar-refractivity contribution in [3.63, 3.8) is 0 Å². The maximum absolute atomic E-state index is 5.98. The van der Waals surface area contributed by atoms with Crippen molar-refractivity contribution in [3.8, 4) is 0 Å². The van der Waals surface area contributed by atoms with E-state index in [0.717, 1.165) is 71.0 Å². The highest BCUT2D eigenvalue weighted by Crippen LogP contribution is 2.17. The number of guanidine groups is 1. The smallest absolute Gasteiger partial charge is 0.193 e. The predicted octanol–water partition coefficient (Wildman–Crippen LogP) is 3.26. The Morgan fingerprint density at radius 2 is 1.87 bits per heavy atom. The van der Waals surface area contributed by atoms with Crippen LogP contribution in [0.25, 0.3) is 0 Å². The van der Waals surface area contributed by atoms with Crippen molar-refractivity contribution in [1.82, 2.24) is 15.1 Å². The lowest BCUT2D eigenvalue weighted by atomic mass is 10.1. The highest BCUT2D eigenvalue weighted by molar-refractivity contribution is 14.0. The van der Waals surface area contributed by atoms with Crippen molar-refractivity contribution < 1.29 is 9.47 Å². The molecule has 176 valence electrons. The molecule has 7 heteroatoms. The minimum Gasteiger partial charge on any atom is -0.385 e. The molecular formula is C24H41IN4O2. The molecule has 1 aromatic rings. The molecule has 3 rings (SSSR count). The number of methoxy groups -OCH3 is 1. The number of aliphatic imine (C=N–C) groups is 1. The van der Waals surface area contributed by atoms with E-state index in [4.69, 9.17) is 9.47 Å². The Kier molecular flexibility index (Phi) is 12.8. The van der Waals surface area contributed by atoms with Gasteiger partial charge < -0.3 is 24.6 Å². The molecule has 2 aliphatic rings. The van der Waals surface area contributed by atoms with E-state index in [0.29, 0.717) is 12.0 Å². The van der Waals surface area contributed by atoms with Gasteiger partial charge in [0.1, 0.15) is 0 Å². The monoisotopic (exact) mass is 544 g/mol. The van der Waals surface area contributed by atoms with Crippen LogP contribution in [0.2, 0.25) is 0 Å². The topological polar surface area (TPSA) is 49.3 Å². The number of likely N-dealkylation sites (tertiary alicyclic amines) is 2. The minimum atomic E-state index is 0. The van der Waals surface area contributed by atoms with Crippen LogP contribution >= 0.6 is 24.0 Å². The summed E-state index contributed by atoms with van der Waals surface area (Å²) in [6.45, 7) is 8.19. The molecule has 2 heterocycles. The number of nitrogens with zero attached hydrogens (tertiary/aromatic N) is 3. The molecule has 0 saturated carbocycles. The highest BCUT2D eigenvalue weighted by atomic mass is 127. The maximum atomic E-state index is 5.98. The number of hydrogen-bond donors (Lipinski definition) is 1. The summed E-state index contributed by atoms with van der Waals surface area (Å²) in [6.07, 6.45) is 5.92. The Bertz CT molecular complexity index is 623. The third-order valence-electron chi connectivity index (χ3n) is 6.28. The number of hydrogen-bond acceptors (Lipinski definition) is 4. The molecule has 0 amide bonds. The Morgan fingerprint density at radius 3 is 2.58 bits per heavy atom. The van der Waals surface area contributed by atoms with Crippen LogP contribution in [-0.2, 0) is 15.9 Å². The zero-order valence-electron chi connectivity index (χ0n) is 19.3. The summed E-state index contributed by atoms with van der Waals surface area (Å²) in [7, 11) is 3.64. The normalized spacial score (nSPS) is 20.6. The van der Waals surface area contributed by atoms with Gasteiger partial charge in [-0.15, -0.1) is 24.0 Å². The van der Waals surface area contributed by atoms with Crippen molar-refractivity contribution in [1.29, 1.82) is 0 Å². The van der Waals surface area contributed by atoms with E-state index < -0.39 is 0 Å². The Balaban J connectivity index is 0.00000341. The maximum Gasteiger partial charge on any atom is 0.193 e. The molecule has 1 N–H and O–H groups in total. The fraction of sp³-hybridized carbons (Fsp3) is 0.708. The van der Waals surface area contributed by atoms with E-state index >= 15 is 0 Å². The molecule has 6 nitrogen and oxygen atoms in total. The largest absolute Gasteiger partial charge is 0.385 e. The summed E-state index contributed by atoms with van der Waals surface area (Å²) in [5, 5.41) is 3.64. The molecular weight excluding hydrogens is 503 g/mol. The van der Waals surface area contributed by atoms with Crippen molar-refractivity contribution in [2.45, 2.75) is 38.2 Å². The van der Waals surface area contributed by atoms with E-state index in [9.17, 15) is 0 Å². The summed E-state index contributed by atoms with van der Waals surface area (Å²) in [5.74, 6) is 1.76. The van der Waals surface area contributed by atoms with Crippen molar-refractivity contribution >= 4 is 29.9 Å². The number of nitrogens with one attached hydrogen (secondary N) is 1. The third-order valence-corrected chi connectivity index (χ3v) is 6.28. The van der Waals surface area contributed by atoms with E-state index in [1.807, 2.05) is 7.05 Å². The number of piperidine rings is 1. The second-order valence-electron chi connectivity index (χ2n) is 8.52. The fourth-order valence-electron chi connectivity index (χ4n) is 4.47. The molecule has 0 aliphatic carbocycles. The van der Waals surface area contributed by atoms with Crippen LogP contribution in [0.5, 0.6) is 0 Å². The van der Waals surface area contributed by atoms with Gasteiger partial charge in [0.15, 0.2) is 5.96 Å². The van der Waals surface area contributed by atoms with Gasteiger partial charge in [0.2, 0.25) is 0 Å². The first kappa shape index (κ1) is 26.4. The van der Waals surface area contributed by atoms with E-state index in [-0.39, 0.29) is 24.0 Å². The summed E-state index contributed by atoms with van der Waals surface area (Å²) in [6, 6.07) is 10.8. The highest BCUT2D eigenvalue weighted by Gasteiger charge is 2.25. The molecule has 31 heavy (non-hydrogen) atoms. The fourth-order valence-corrected chi connectivity index (χ4v) is 4.47. The number of benzene rings is 1. The zero-order chi connectivity index (χ0) is 21.0. The van der Waals surface area contributed by atoms with Crippen molar-refractivity contribution in [2.75, 3.05) is 66.6 Å². The van der Waals surface area contributed by atoms with Gasteiger partial charge >= 0.3 is 0 Å². The molecule has 2 saturated heterocycles.